The molecule has 0 radical (unpaired) electrons. The highest BCUT2D eigenvalue weighted by Crippen LogP contribution is 2.16. The molecule has 1 fully saturated rings. The molecule has 1 aliphatic heterocycles. The molecule has 1 saturated heterocycles. The van der Waals surface area contributed by atoms with Crippen LogP contribution in [0.5, 0.6) is 0 Å². The van der Waals surface area contributed by atoms with Gasteiger partial charge in [-0.1, -0.05) is 6.07 Å². The van der Waals surface area contributed by atoms with Crippen molar-refractivity contribution < 1.29 is 9.90 Å². The van der Waals surface area contributed by atoms with Gasteiger partial charge in [0.15, 0.2) is 0 Å². The number of pyridine rings is 1. The van der Waals surface area contributed by atoms with Crippen LogP contribution in [0.4, 0.5) is 5.82 Å². The first-order valence-electron chi connectivity index (χ1n) is 8.30. The van der Waals surface area contributed by atoms with E-state index >= 15 is 0 Å². The minimum Gasteiger partial charge on any atom is -0.478 e. The lowest BCUT2D eigenvalue weighted by molar-refractivity contribution is -0.131. The van der Waals surface area contributed by atoms with Crippen LogP contribution in [-0.2, 0) is 11.3 Å². The number of hydrogen-bond acceptors (Lipinski definition) is 6. The van der Waals surface area contributed by atoms with Crippen LogP contribution in [-0.4, -0.2) is 50.1 Å². The molecule has 0 unspecified atom stereocenters. The molecular weight excluding hydrogens is 318 g/mol. The Balaban J connectivity index is 1.54. The van der Waals surface area contributed by atoms with Gasteiger partial charge in [-0.3, -0.25) is 14.9 Å². The van der Waals surface area contributed by atoms with Crippen molar-refractivity contribution in [3.63, 3.8) is 0 Å². The van der Waals surface area contributed by atoms with Crippen LogP contribution in [0.2, 0.25) is 0 Å². The Labute approximate surface area is 146 Å². The molecule has 2 N–H and O–H groups in total. The smallest absolute Gasteiger partial charge is 0.328 e. The molecule has 0 bridgehead atoms. The average molecular weight is 339 g/mol. The van der Waals surface area contributed by atoms with Crippen molar-refractivity contribution in [1.82, 2.24) is 19.9 Å². The molecule has 3 rings (SSSR count). The van der Waals surface area contributed by atoms with Crippen LogP contribution in [0.25, 0.3) is 6.08 Å². The minimum atomic E-state index is -1.00. The number of likely N-dealkylation sites (tertiary alicyclic amines) is 1. The van der Waals surface area contributed by atoms with Gasteiger partial charge in [-0.15, -0.1) is 0 Å². The number of piperidine rings is 1. The SMILES string of the molecule is O=C(O)/C=C/c1cnc(N[C@@H]2CCCN(Cc3cccnc3)C2)cn1. The lowest BCUT2D eigenvalue weighted by Gasteiger charge is -2.33. The van der Waals surface area contributed by atoms with E-state index < -0.39 is 5.97 Å². The molecule has 7 nitrogen and oxygen atoms in total. The second-order valence-corrected chi connectivity index (χ2v) is 6.08. The highest BCUT2D eigenvalue weighted by atomic mass is 16.4. The number of rotatable bonds is 6. The monoisotopic (exact) mass is 339 g/mol. The maximum atomic E-state index is 10.5. The van der Waals surface area contributed by atoms with E-state index in [2.05, 4.69) is 31.2 Å². The zero-order valence-electron chi connectivity index (χ0n) is 13.9. The van der Waals surface area contributed by atoms with Crippen LogP contribution < -0.4 is 5.32 Å². The number of hydrogen-bond donors (Lipinski definition) is 2. The highest BCUT2D eigenvalue weighted by molar-refractivity contribution is 5.84. The molecule has 0 spiro atoms. The lowest BCUT2D eigenvalue weighted by atomic mass is 10.1. The lowest BCUT2D eigenvalue weighted by Crippen LogP contribution is -2.41. The molecule has 3 heterocycles. The molecule has 130 valence electrons. The van der Waals surface area contributed by atoms with Crippen molar-refractivity contribution >= 4 is 17.9 Å². The molecule has 0 aliphatic carbocycles. The van der Waals surface area contributed by atoms with Gasteiger partial charge in [0.25, 0.3) is 0 Å². The van der Waals surface area contributed by atoms with E-state index in [0.29, 0.717) is 17.6 Å². The summed E-state index contributed by atoms with van der Waals surface area (Å²) in [6.45, 7) is 2.92. The molecule has 0 aromatic carbocycles. The van der Waals surface area contributed by atoms with Crippen LogP contribution in [0.1, 0.15) is 24.1 Å². The summed E-state index contributed by atoms with van der Waals surface area (Å²) in [4.78, 5) is 25.6. The fourth-order valence-corrected chi connectivity index (χ4v) is 2.93. The van der Waals surface area contributed by atoms with Crippen molar-refractivity contribution in [2.75, 3.05) is 18.4 Å². The Morgan fingerprint density at radius 2 is 2.28 bits per heavy atom. The number of carboxylic acid groups (broad SMARTS) is 1. The number of anilines is 1. The Hall–Kier alpha value is -2.80. The molecular formula is C18H21N5O2. The summed E-state index contributed by atoms with van der Waals surface area (Å²) < 4.78 is 0. The fraction of sp³-hybridized carbons (Fsp3) is 0.333. The van der Waals surface area contributed by atoms with Gasteiger partial charge in [0.2, 0.25) is 0 Å². The van der Waals surface area contributed by atoms with Crippen molar-refractivity contribution in [3.8, 4) is 0 Å². The maximum absolute atomic E-state index is 10.5. The Morgan fingerprint density at radius 1 is 1.36 bits per heavy atom. The average Bonchev–Trinajstić information content (AvgIpc) is 2.62. The third-order valence-corrected chi connectivity index (χ3v) is 4.05. The third-order valence-electron chi connectivity index (χ3n) is 4.05. The summed E-state index contributed by atoms with van der Waals surface area (Å²) in [5.74, 6) is -0.291. The van der Waals surface area contributed by atoms with Gasteiger partial charge in [0.1, 0.15) is 5.82 Å². The van der Waals surface area contributed by atoms with Crippen LogP contribution in [0.15, 0.2) is 43.0 Å². The van der Waals surface area contributed by atoms with E-state index in [-0.39, 0.29) is 0 Å². The van der Waals surface area contributed by atoms with Gasteiger partial charge in [-0.05, 0) is 37.1 Å². The van der Waals surface area contributed by atoms with Crippen LogP contribution in [0.3, 0.4) is 0 Å². The molecule has 0 amide bonds. The molecule has 2 aromatic heterocycles. The standard InChI is InChI=1S/C18H21N5O2/c24-18(25)6-5-15-10-21-17(11-20-15)22-16-4-2-8-23(13-16)12-14-3-1-7-19-9-14/h1,3,5-7,9-11,16H,2,4,8,12-13H2,(H,21,22)(H,24,25)/b6-5+/t16-/m1/s1. The predicted molar refractivity (Wildman–Crippen MR) is 94.9 cm³/mol. The van der Waals surface area contributed by atoms with Gasteiger partial charge in [0.05, 0.1) is 18.1 Å². The topological polar surface area (TPSA) is 91.2 Å². The summed E-state index contributed by atoms with van der Waals surface area (Å²) in [6, 6.07) is 4.38. The summed E-state index contributed by atoms with van der Waals surface area (Å²) in [6.07, 6.45) is 11.6. The second kappa shape index (κ2) is 8.34. The summed E-state index contributed by atoms with van der Waals surface area (Å²) in [5, 5.41) is 12.0. The first kappa shape index (κ1) is 17.0. The van der Waals surface area contributed by atoms with E-state index in [9.17, 15) is 4.79 Å². The predicted octanol–water partition coefficient (Wildman–Crippen LogP) is 2.05. The first-order valence-corrected chi connectivity index (χ1v) is 8.30. The highest BCUT2D eigenvalue weighted by Gasteiger charge is 2.20. The summed E-state index contributed by atoms with van der Waals surface area (Å²) >= 11 is 0. The number of carbonyl (C=O) groups is 1. The van der Waals surface area contributed by atoms with Gasteiger partial charge in [0, 0.05) is 37.6 Å². The fourth-order valence-electron chi connectivity index (χ4n) is 2.93. The van der Waals surface area contributed by atoms with E-state index in [1.54, 1.807) is 18.6 Å². The quantitative estimate of drug-likeness (QED) is 0.778. The Bertz CT molecular complexity index is 718. The van der Waals surface area contributed by atoms with Crippen molar-refractivity contribution in [2.45, 2.75) is 25.4 Å². The van der Waals surface area contributed by atoms with E-state index in [1.807, 2.05) is 12.3 Å². The zero-order chi connectivity index (χ0) is 17.5. The molecule has 0 saturated carbocycles. The molecule has 1 aliphatic rings. The van der Waals surface area contributed by atoms with Gasteiger partial charge < -0.3 is 10.4 Å². The zero-order valence-corrected chi connectivity index (χ0v) is 13.9. The van der Waals surface area contributed by atoms with E-state index in [4.69, 9.17) is 5.11 Å². The molecule has 25 heavy (non-hydrogen) atoms. The second-order valence-electron chi connectivity index (χ2n) is 6.08. The van der Waals surface area contributed by atoms with Crippen molar-refractivity contribution in [1.29, 1.82) is 0 Å². The minimum absolute atomic E-state index is 0.320. The van der Waals surface area contributed by atoms with Gasteiger partial charge in [-0.2, -0.15) is 0 Å². The number of nitrogens with one attached hydrogen (secondary N) is 1. The van der Waals surface area contributed by atoms with E-state index in [0.717, 1.165) is 38.6 Å². The van der Waals surface area contributed by atoms with Crippen molar-refractivity contribution in [2.24, 2.45) is 0 Å². The summed E-state index contributed by atoms with van der Waals surface area (Å²) in [7, 11) is 0. The molecule has 7 heteroatoms. The van der Waals surface area contributed by atoms with E-state index in [1.165, 1.54) is 11.6 Å². The number of aliphatic carboxylic acids is 1. The number of nitrogens with zero attached hydrogens (tertiary/aromatic N) is 4. The summed E-state index contributed by atoms with van der Waals surface area (Å²) in [5.41, 5.74) is 1.74. The maximum Gasteiger partial charge on any atom is 0.328 e. The number of aromatic nitrogens is 3. The largest absolute Gasteiger partial charge is 0.478 e. The third kappa shape index (κ3) is 5.36. The van der Waals surface area contributed by atoms with Gasteiger partial charge in [-0.25, -0.2) is 9.78 Å². The van der Waals surface area contributed by atoms with Gasteiger partial charge >= 0.3 is 5.97 Å². The van der Waals surface area contributed by atoms with Crippen LogP contribution in [0, 0.1) is 0 Å². The van der Waals surface area contributed by atoms with Crippen molar-refractivity contribution in [3.05, 3.63) is 54.3 Å². The number of carboxylic acids is 1. The first-order chi connectivity index (χ1) is 12.2. The normalized spacial score (nSPS) is 18.3. The molecule has 1 atom stereocenters. The Morgan fingerprint density at radius 3 is 3.00 bits per heavy atom. The molecule has 2 aromatic rings. The Kier molecular flexibility index (Phi) is 5.69. The van der Waals surface area contributed by atoms with Crippen LogP contribution >= 0.6 is 0 Å².